The summed E-state index contributed by atoms with van der Waals surface area (Å²) in [4.78, 5) is 20.8. The average Bonchev–Trinajstić information content (AvgIpc) is 3.43. The summed E-state index contributed by atoms with van der Waals surface area (Å²) in [5, 5.41) is 5.86. The van der Waals surface area contributed by atoms with E-state index in [4.69, 9.17) is 21.3 Å². The summed E-state index contributed by atoms with van der Waals surface area (Å²) >= 11 is 6.66. The van der Waals surface area contributed by atoms with Gasteiger partial charge in [0.15, 0.2) is 11.6 Å². The standard InChI is InChI=1S/C28H31ClFN5O2/c1-6-21(36)35-14-28(15-35)7-8-34(13-28)26-24(30)23(18-12-37-27(3,4)10-20(18)32-26)22-16(2)19(29)9-17-11-31-33(5)25(17)22/h6,9,11H,1,7-8,10,12-15H2,2-5H3. The highest BCUT2D eigenvalue weighted by molar-refractivity contribution is 6.33. The second kappa shape index (κ2) is 8.27. The van der Waals surface area contributed by atoms with Crippen molar-refractivity contribution in [2.24, 2.45) is 12.5 Å². The maximum atomic E-state index is 16.8. The number of anilines is 1. The lowest BCUT2D eigenvalue weighted by atomic mass is 9.79. The number of pyridine rings is 1. The Balaban J connectivity index is 1.50. The van der Waals surface area contributed by atoms with E-state index in [-0.39, 0.29) is 23.7 Å². The van der Waals surface area contributed by atoms with Gasteiger partial charge in [0.2, 0.25) is 5.91 Å². The molecule has 0 N–H and O–H groups in total. The lowest BCUT2D eigenvalue weighted by Gasteiger charge is -2.47. The van der Waals surface area contributed by atoms with E-state index >= 15 is 4.39 Å². The van der Waals surface area contributed by atoms with E-state index in [9.17, 15) is 4.79 Å². The molecule has 2 aromatic heterocycles. The first-order valence-electron chi connectivity index (χ1n) is 12.7. The Morgan fingerprint density at radius 1 is 1.27 bits per heavy atom. The minimum Gasteiger partial charge on any atom is -0.370 e. The fourth-order valence-corrected chi connectivity index (χ4v) is 6.48. The molecule has 2 saturated heterocycles. The molecule has 0 radical (unpaired) electrons. The molecule has 194 valence electrons. The molecule has 37 heavy (non-hydrogen) atoms. The quantitative estimate of drug-likeness (QED) is 0.461. The van der Waals surface area contributed by atoms with Gasteiger partial charge in [-0.2, -0.15) is 5.10 Å². The van der Waals surface area contributed by atoms with Crippen molar-refractivity contribution in [3.63, 3.8) is 0 Å². The molecule has 1 amide bonds. The first-order valence-corrected chi connectivity index (χ1v) is 13.0. The summed E-state index contributed by atoms with van der Waals surface area (Å²) < 4.78 is 24.7. The lowest BCUT2D eigenvalue weighted by molar-refractivity contribution is -0.136. The number of ether oxygens (including phenoxy) is 1. The molecule has 7 nitrogen and oxygen atoms in total. The summed E-state index contributed by atoms with van der Waals surface area (Å²) in [6.45, 7) is 12.5. The van der Waals surface area contributed by atoms with Gasteiger partial charge in [-0.15, -0.1) is 0 Å². The largest absolute Gasteiger partial charge is 0.370 e. The molecule has 3 aromatic rings. The van der Waals surface area contributed by atoms with Gasteiger partial charge in [-0.3, -0.25) is 9.48 Å². The van der Waals surface area contributed by atoms with Crippen molar-refractivity contribution in [3.05, 3.63) is 52.6 Å². The van der Waals surface area contributed by atoms with Gasteiger partial charge in [0.25, 0.3) is 0 Å². The van der Waals surface area contributed by atoms with Gasteiger partial charge in [-0.05, 0) is 44.9 Å². The summed E-state index contributed by atoms with van der Waals surface area (Å²) in [5.41, 5.74) is 4.07. The van der Waals surface area contributed by atoms with Gasteiger partial charge in [0.05, 0.1) is 29.6 Å². The molecule has 0 aliphatic carbocycles. The number of hydrogen-bond acceptors (Lipinski definition) is 5. The lowest BCUT2D eigenvalue weighted by Crippen LogP contribution is -2.59. The van der Waals surface area contributed by atoms with Gasteiger partial charge < -0.3 is 14.5 Å². The topological polar surface area (TPSA) is 63.5 Å². The zero-order valence-electron chi connectivity index (χ0n) is 21.7. The Morgan fingerprint density at radius 3 is 2.76 bits per heavy atom. The van der Waals surface area contributed by atoms with Crippen molar-refractivity contribution in [1.82, 2.24) is 19.7 Å². The van der Waals surface area contributed by atoms with Crippen LogP contribution in [-0.2, 0) is 29.6 Å². The number of benzene rings is 1. The molecule has 0 saturated carbocycles. The first-order chi connectivity index (χ1) is 17.5. The van der Waals surface area contributed by atoms with E-state index in [0.29, 0.717) is 49.0 Å². The highest BCUT2D eigenvalue weighted by Crippen LogP contribution is 2.46. The van der Waals surface area contributed by atoms with Crippen LogP contribution in [0.1, 0.15) is 37.1 Å². The molecule has 6 rings (SSSR count). The number of carbonyl (C=O) groups is 1. The van der Waals surface area contributed by atoms with Crippen LogP contribution in [0.4, 0.5) is 10.2 Å². The zero-order chi connectivity index (χ0) is 26.3. The Labute approximate surface area is 220 Å². The monoisotopic (exact) mass is 523 g/mol. The minimum atomic E-state index is -0.399. The molecule has 2 fully saturated rings. The first kappa shape index (κ1) is 24.4. The number of rotatable bonds is 3. The number of fused-ring (bicyclic) bond motifs is 2. The third-order valence-electron chi connectivity index (χ3n) is 8.25. The fourth-order valence-electron chi connectivity index (χ4n) is 6.26. The minimum absolute atomic E-state index is 0.0352. The number of nitrogens with zero attached hydrogens (tertiary/aromatic N) is 5. The van der Waals surface area contributed by atoms with Gasteiger partial charge in [-0.1, -0.05) is 18.2 Å². The van der Waals surface area contributed by atoms with E-state index in [1.165, 1.54) is 6.08 Å². The molecule has 0 unspecified atom stereocenters. The van der Waals surface area contributed by atoms with Crippen LogP contribution in [0.25, 0.3) is 22.0 Å². The number of aromatic nitrogens is 3. The van der Waals surface area contributed by atoms with E-state index < -0.39 is 5.60 Å². The maximum absolute atomic E-state index is 16.8. The third kappa shape index (κ3) is 3.76. The van der Waals surface area contributed by atoms with Crippen LogP contribution in [0.15, 0.2) is 24.9 Å². The molecule has 1 spiro atoms. The van der Waals surface area contributed by atoms with Crippen molar-refractivity contribution < 1.29 is 13.9 Å². The van der Waals surface area contributed by atoms with Crippen LogP contribution >= 0.6 is 11.6 Å². The Bertz CT molecular complexity index is 1470. The number of carbonyl (C=O) groups excluding carboxylic acids is 1. The molecule has 0 atom stereocenters. The molecular formula is C28H31ClFN5O2. The molecular weight excluding hydrogens is 493 g/mol. The maximum Gasteiger partial charge on any atom is 0.245 e. The van der Waals surface area contributed by atoms with Gasteiger partial charge in [-0.25, -0.2) is 9.37 Å². The Kier molecular flexibility index (Phi) is 5.44. The zero-order valence-corrected chi connectivity index (χ0v) is 22.5. The molecule has 3 aliphatic heterocycles. The van der Waals surface area contributed by atoms with E-state index in [1.807, 2.05) is 33.9 Å². The molecule has 0 bridgehead atoms. The Morgan fingerprint density at radius 2 is 2.03 bits per heavy atom. The van der Waals surface area contributed by atoms with Crippen molar-refractivity contribution in [3.8, 4) is 11.1 Å². The number of hydrogen-bond donors (Lipinski definition) is 0. The molecule has 3 aliphatic rings. The molecule has 1 aromatic carbocycles. The third-order valence-corrected chi connectivity index (χ3v) is 8.65. The second-order valence-corrected chi connectivity index (χ2v) is 11.8. The summed E-state index contributed by atoms with van der Waals surface area (Å²) in [7, 11) is 1.86. The van der Waals surface area contributed by atoms with Crippen molar-refractivity contribution >= 4 is 34.2 Å². The van der Waals surface area contributed by atoms with Crippen LogP contribution in [0.5, 0.6) is 0 Å². The fraction of sp³-hybridized carbons (Fsp3) is 0.464. The van der Waals surface area contributed by atoms with Gasteiger partial charge in [0.1, 0.15) is 0 Å². The SMILES string of the molecule is C=CC(=O)N1CC2(CCN(c3nc4c(c(-c5c(C)c(Cl)cc6cnn(C)c56)c3F)COC(C)(C)C4)C2)C1. The number of halogens is 2. The number of aryl methyl sites for hydroxylation is 1. The summed E-state index contributed by atoms with van der Waals surface area (Å²) in [6.07, 6.45) is 4.58. The van der Waals surface area contributed by atoms with Crippen LogP contribution in [0.2, 0.25) is 5.02 Å². The smallest absolute Gasteiger partial charge is 0.245 e. The Hall–Kier alpha value is -2.97. The van der Waals surface area contributed by atoms with Crippen LogP contribution < -0.4 is 4.90 Å². The predicted molar refractivity (Wildman–Crippen MR) is 142 cm³/mol. The van der Waals surface area contributed by atoms with Crippen molar-refractivity contribution in [2.75, 3.05) is 31.1 Å². The molecule has 9 heteroatoms. The molecule has 5 heterocycles. The van der Waals surface area contributed by atoms with Gasteiger partial charge in [0, 0.05) is 72.2 Å². The summed E-state index contributed by atoms with van der Waals surface area (Å²) in [5.74, 6) is -0.0415. The van der Waals surface area contributed by atoms with E-state index in [0.717, 1.165) is 39.7 Å². The number of likely N-dealkylation sites (tertiary alicyclic amines) is 1. The van der Waals surface area contributed by atoms with Crippen molar-refractivity contribution in [2.45, 2.75) is 45.8 Å². The van der Waals surface area contributed by atoms with Crippen molar-refractivity contribution in [1.29, 1.82) is 0 Å². The van der Waals surface area contributed by atoms with Gasteiger partial charge >= 0.3 is 0 Å². The van der Waals surface area contributed by atoms with E-state index in [2.05, 4.69) is 16.6 Å². The predicted octanol–water partition coefficient (Wildman–Crippen LogP) is 4.81. The summed E-state index contributed by atoms with van der Waals surface area (Å²) in [6, 6.07) is 1.88. The normalized spacial score (nSPS) is 19.8. The van der Waals surface area contributed by atoms with Crippen LogP contribution in [-0.4, -0.2) is 57.4 Å². The number of amides is 1. The highest BCUT2D eigenvalue weighted by Gasteiger charge is 2.50. The second-order valence-electron chi connectivity index (χ2n) is 11.4. The van der Waals surface area contributed by atoms with Crippen LogP contribution in [0.3, 0.4) is 0 Å². The highest BCUT2D eigenvalue weighted by atomic mass is 35.5. The van der Waals surface area contributed by atoms with Crippen LogP contribution in [0, 0.1) is 18.2 Å². The average molecular weight is 524 g/mol. The van der Waals surface area contributed by atoms with E-state index in [1.54, 1.807) is 15.8 Å².